The number of hydrogen-bond acceptors (Lipinski definition) is 7. The molecule has 9 heteroatoms. The summed E-state index contributed by atoms with van der Waals surface area (Å²) in [5, 5.41) is 2.53. The first-order valence-electron chi connectivity index (χ1n) is 8.51. The molecule has 27 heavy (non-hydrogen) atoms. The van der Waals surface area contributed by atoms with E-state index in [1.165, 1.54) is 6.20 Å². The molecule has 1 fully saturated rings. The molecule has 0 unspecified atom stereocenters. The normalized spacial score (nSPS) is 15.8. The van der Waals surface area contributed by atoms with Crippen molar-refractivity contribution in [3.05, 3.63) is 52.7 Å². The molecule has 3 aromatic heterocycles. The van der Waals surface area contributed by atoms with Crippen LogP contribution in [0.5, 0.6) is 0 Å². The molecule has 6 nitrogen and oxygen atoms in total. The van der Waals surface area contributed by atoms with Gasteiger partial charge in [-0.3, -0.25) is 4.98 Å². The molecule has 0 radical (unpaired) electrons. The molecule has 1 saturated heterocycles. The third kappa shape index (κ3) is 3.90. The standard InChI is InChI=1S/C18H17BrN4O2S2/c19-17-5-4-14(11-21-17)27(24,25)13-6-9-23(10-7-13)18-22-16(12-26-18)15-3-1-2-8-20-15/h1-5,8,11-13H,6-7,9-10H2. The monoisotopic (exact) mass is 464 g/mol. The zero-order valence-electron chi connectivity index (χ0n) is 14.3. The van der Waals surface area contributed by atoms with Gasteiger partial charge in [-0.25, -0.2) is 18.4 Å². The van der Waals surface area contributed by atoms with E-state index < -0.39 is 9.84 Å². The Kier molecular flexibility index (Phi) is 5.25. The number of rotatable bonds is 4. The second-order valence-corrected chi connectivity index (χ2v) is 10.2. The molecule has 0 N–H and O–H groups in total. The number of aromatic nitrogens is 3. The molecule has 0 aromatic carbocycles. The summed E-state index contributed by atoms with van der Waals surface area (Å²) in [6, 6.07) is 9.02. The molecular formula is C18H17BrN4O2S2. The number of nitrogens with zero attached hydrogens (tertiary/aromatic N) is 4. The van der Waals surface area contributed by atoms with Crippen LogP contribution in [0.15, 0.2) is 57.6 Å². The number of pyridine rings is 2. The minimum atomic E-state index is -3.36. The Morgan fingerprint density at radius 1 is 1.07 bits per heavy atom. The molecule has 4 rings (SSSR count). The predicted molar refractivity (Wildman–Crippen MR) is 110 cm³/mol. The molecule has 0 aliphatic carbocycles. The minimum Gasteiger partial charge on any atom is -0.348 e. The lowest BCUT2D eigenvalue weighted by molar-refractivity contribution is 0.529. The molecule has 0 atom stereocenters. The van der Waals surface area contributed by atoms with Gasteiger partial charge in [-0.1, -0.05) is 6.07 Å². The van der Waals surface area contributed by atoms with Crippen LogP contribution in [0, 0.1) is 0 Å². The van der Waals surface area contributed by atoms with Crippen molar-refractivity contribution in [2.24, 2.45) is 0 Å². The Morgan fingerprint density at radius 3 is 2.56 bits per heavy atom. The van der Waals surface area contributed by atoms with Crippen molar-refractivity contribution < 1.29 is 8.42 Å². The van der Waals surface area contributed by atoms with Crippen molar-refractivity contribution in [1.82, 2.24) is 15.0 Å². The van der Waals surface area contributed by atoms with Crippen LogP contribution in [0.3, 0.4) is 0 Å². The van der Waals surface area contributed by atoms with E-state index >= 15 is 0 Å². The van der Waals surface area contributed by atoms with Crippen LogP contribution < -0.4 is 4.90 Å². The molecule has 0 amide bonds. The highest BCUT2D eigenvalue weighted by Gasteiger charge is 2.32. The van der Waals surface area contributed by atoms with Gasteiger partial charge in [0, 0.05) is 30.9 Å². The molecule has 0 spiro atoms. The number of sulfone groups is 1. The Balaban J connectivity index is 1.45. The number of piperidine rings is 1. The van der Waals surface area contributed by atoms with E-state index in [0.29, 0.717) is 30.5 Å². The highest BCUT2D eigenvalue weighted by molar-refractivity contribution is 9.10. The molecule has 0 bridgehead atoms. The minimum absolute atomic E-state index is 0.288. The number of halogens is 1. The van der Waals surface area contributed by atoms with Gasteiger partial charge in [-0.15, -0.1) is 11.3 Å². The fourth-order valence-corrected chi connectivity index (χ4v) is 5.90. The van der Waals surface area contributed by atoms with Crippen LogP contribution in [0.4, 0.5) is 5.13 Å². The van der Waals surface area contributed by atoms with Crippen LogP contribution in [-0.2, 0) is 9.84 Å². The number of anilines is 1. The summed E-state index contributed by atoms with van der Waals surface area (Å²) in [5.74, 6) is 0. The van der Waals surface area contributed by atoms with Crippen molar-refractivity contribution in [1.29, 1.82) is 0 Å². The Morgan fingerprint density at radius 2 is 1.89 bits per heavy atom. The van der Waals surface area contributed by atoms with Gasteiger partial charge in [0.15, 0.2) is 15.0 Å². The van der Waals surface area contributed by atoms with Gasteiger partial charge in [0.2, 0.25) is 0 Å². The van der Waals surface area contributed by atoms with Crippen molar-refractivity contribution in [2.45, 2.75) is 23.0 Å². The van der Waals surface area contributed by atoms with Crippen LogP contribution in [-0.4, -0.2) is 41.7 Å². The Hall–Kier alpha value is -1.84. The quantitative estimate of drug-likeness (QED) is 0.546. The summed E-state index contributed by atoms with van der Waals surface area (Å²) in [4.78, 5) is 15.5. The topological polar surface area (TPSA) is 76.1 Å². The van der Waals surface area contributed by atoms with E-state index in [1.807, 2.05) is 23.6 Å². The third-order valence-electron chi connectivity index (χ3n) is 4.60. The molecular weight excluding hydrogens is 448 g/mol. The predicted octanol–water partition coefficient (Wildman–Crippen LogP) is 3.81. The van der Waals surface area contributed by atoms with E-state index in [9.17, 15) is 8.42 Å². The Labute approximate surface area is 170 Å². The highest BCUT2D eigenvalue weighted by atomic mass is 79.9. The lowest BCUT2D eigenvalue weighted by Crippen LogP contribution is -2.39. The summed E-state index contributed by atoms with van der Waals surface area (Å²) >= 11 is 4.81. The van der Waals surface area contributed by atoms with Crippen LogP contribution in [0.1, 0.15) is 12.8 Å². The Bertz CT molecular complexity index is 1020. The molecule has 0 saturated carbocycles. The van der Waals surface area contributed by atoms with E-state index in [-0.39, 0.29) is 10.1 Å². The van der Waals surface area contributed by atoms with E-state index in [0.717, 1.165) is 16.5 Å². The van der Waals surface area contributed by atoms with E-state index in [2.05, 4.69) is 35.8 Å². The van der Waals surface area contributed by atoms with E-state index in [1.54, 1.807) is 29.7 Å². The molecule has 140 valence electrons. The lowest BCUT2D eigenvalue weighted by atomic mass is 10.1. The maximum Gasteiger partial charge on any atom is 0.185 e. The first-order chi connectivity index (χ1) is 13.0. The smallest absolute Gasteiger partial charge is 0.185 e. The van der Waals surface area contributed by atoms with Gasteiger partial charge in [0.1, 0.15) is 10.3 Å². The molecule has 1 aliphatic rings. The molecule has 4 heterocycles. The van der Waals surface area contributed by atoms with Gasteiger partial charge in [-0.2, -0.15) is 0 Å². The SMILES string of the molecule is O=S(=O)(c1ccc(Br)nc1)C1CCN(c2nc(-c3ccccn3)cs2)CC1. The fraction of sp³-hybridized carbons (Fsp3) is 0.278. The largest absolute Gasteiger partial charge is 0.348 e. The first kappa shape index (κ1) is 18.5. The maximum atomic E-state index is 12.8. The zero-order chi connectivity index (χ0) is 18.9. The van der Waals surface area contributed by atoms with Crippen molar-refractivity contribution in [2.75, 3.05) is 18.0 Å². The van der Waals surface area contributed by atoms with Crippen molar-refractivity contribution in [3.63, 3.8) is 0 Å². The molecule has 3 aromatic rings. The summed E-state index contributed by atoms with van der Waals surface area (Å²) in [7, 11) is -3.36. The zero-order valence-corrected chi connectivity index (χ0v) is 17.5. The van der Waals surface area contributed by atoms with Gasteiger partial charge in [0.25, 0.3) is 0 Å². The fourth-order valence-electron chi connectivity index (χ4n) is 3.12. The second kappa shape index (κ2) is 7.65. The number of thiazole rings is 1. The second-order valence-electron chi connectivity index (χ2n) is 6.28. The first-order valence-corrected chi connectivity index (χ1v) is 11.7. The maximum absolute atomic E-state index is 12.8. The van der Waals surface area contributed by atoms with Crippen molar-refractivity contribution in [3.8, 4) is 11.4 Å². The van der Waals surface area contributed by atoms with Crippen LogP contribution in [0.2, 0.25) is 0 Å². The number of hydrogen-bond donors (Lipinski definition) is 0. The summed E-state index contributed by atoms with van der Waals surface area (Å²) in [5.41, 5.74) is 1.70. The third-order valence-corrected chi connectivity index (χ3v) is 8.22. The lowest BCUT2D eigenvalue weighted by Gasteiger charge is -2.31. The van der Waals surface area contributed by atoms with Gasteiger partial charge >= 0.3 is 0 Å². The van der Waals surface area contributed by atoms with Crippen molar-refractivity contribution >= 4 is 42.2 Å². The van der Waals surface area contributed by atoms with Crippen LogP contribution >= 0.6 is 27.3 Å². The summed E-state index contributed by atoms with van der Waals surface area (Å²) < 4.78 is 26.3. The summed E-state index contributed by atoms with van der Waals surface area (Å²) in [6.45, 7) is 1.34. The average molecular weight is 465 g/mol. The van der Waals surface area contributed by atoms with Gasteiger partial charge in [-0.05, 0) is 53.0 Å². The van der Waals surface area contributed by atoms with Gasteiger partial charge in [0.05, 0.1) is 15.8 Å². The van der Waals surface area contributed by atoms with E-state index in [4.69, 9.17) is 0 Å². The van der Waals surface area contributed by atoms with Gasteiger partial charge < -0.3 is 4.90 Å². The molecule has 1 aliphatic heterocycles. The van der Waals surface area contributed by atoms with Crippen LogP contribution in [0.25, 0.3) is 11.4 Å². The highest BCUT2D eigenvalue weighted by Crippen LogP contribution is 2.31. The summed E-state index contributed by atoms with van der Waals surface area (Å²) in [6.07, 6.45) is 4.33. The average Bonchev–Trinajstić information content (AvgIpc) is 3.19.